The van der Waals surface area contributed by atoms with Crippen molar-refractivity contribution >= 4 is 6.03 Å². The van der Waals surface area contributed by atoms with Crippen LogP contribution in [0, 0.1) is 23.4 Å². The van der Waals surface area contributed by atoms with Crippen LogP contribution in [0.5, 0.6) is 0 Å². The van der Waals surface area contributed by atoms with Crippen LogP contribution in [-0.2, 0) is 6.42 Å². The van der Waals surface area contributed by atoms with Gasteiger partial charge in [0.2, 0.25) is 0 Å². The molecule has 128 valence electrons. The van der Waals surface area contributed by atoms with E-state index in [0.29, 0.717) is 0 Å². The molecule has 1 fully saturated rings. The Balaban J connectivity index is 1.78. The fourth-order valence-electron chi connectivity index (χ4n) is 2.91. The molecule has 0 saturated heterocycles. The summed E-state index contributed by atoms with van der Waals surface area (Å²) in [7, 11) is 0. The molecule has 2 atom stereocenters. The van der Waals surface area contributed by atoms with Gasteiger partial charge in [-0.25, -0.2) is 18.0 Å². The first-order valence-electron chi connectivity index (χ1n) is 7.80. The number of urea groups is 1. The Bertz CT molecular complexity index is 531. The zero-order valence-electron chi connectivity index (χ0n) is 12.7. The minimum absolute atomic E-state index is 0.0408. The summed E-state index contributed by atoms with van der Waals surface area (Å²) in [6, 6.07) is 1.40. The van der Waals surface area contributed by atoms with Crippen molar-refractivity contribution in [3.63, 3.8) is 0 Å². The molecular formula is C16H21F3N2O2. The first-order chi connectivity index (χ1) is 11.0. The number of hydrogen-bond acceptors (Lipinski definition) is 2. The van der Waals surface area contributed by atoms with Gasteiger partial charge in [-0.05, 0) is 37.0 Å². The number of halogens is 3. The van der Waals surface area contributed by atoms with E-state index in [1.165, 1.54) is 0 Å². The summed E-state index contributed by atoms with van der Waals surface area (Å²) in [5, 5.41) is 14.7. The number of rotatable bonds is 5. The Morgan fingerprint density at radius 2 is 1.83 bits per heavy atom. The molecule has 0 radical (unpaired) electrons. The van der Waals surface area contributed by atoms with Crippen molar-refractivity contribution in [3.05, 3.63) is 35.1 Å². The van der Waals surface area contributed by atoms with Crippen LogP contribution < -0.4 is 10.6 Å². The molecule has 2 rings (SSSR count). The highest BCUT2D eigenvalue weighted by Gasteiger charge is 2.25. The molecule has 4 nitrogen and oxygen atoms in total. The highest BCUT2D eigenvalue weighted by Crippen LogP contribution is 2.23. The largest absolute Gasteiger partial charge is 0.396 e. The first-order valence-corrected chi connectivity index (χ1v) is 7.80. The fourth-order valence-corrected chi connectivity index (χ4v) is 2.91. The van der Waals surface area contributed by atoms with Gasteiger partial charge < -0.3 is 15.7 Å². The number of hydrogen-bond donors (Lipinski definition) is 3. The molecule has 3 N–H and O–H groups in total. The third kappa shape index (κ3) is 4.86. The highest BCUT2D eigenvalue weighted by molar-refractivity contribution is 5.74. The van der Waals surface area contributed by atoms with Gasteiger partial charge in [0, 0.05) is 25.1 Å². The number of amides is 2. The van der Waals surface area contributed by atoms with Crippen molar-refractivity contribution in [2.24, 2.45) is 5.92 Å². The molecule has 2 amide bonds. The monoisotopic (exact) mass is 330 g/mol. The van der Waals surface area contributed by atoms with E-state index >= 15 is 0 Å². The molecule has 0 bridgehead atoms. The molecule has 1 aromatic carbocycles. The van der Waals surface area contributed by atoms with Crippen LogP contribution in [-0.4, -0.2) is 30.3 Å². The second-order valence-corrected chi connectivity index (χ2v) is 5.86. The number of carbonyl (C=O) groups excluding carboxylic acids is 1. The number of aliphatic hydroxyl groups excluding tert-OH is 1. The van der Waals surface area contributed by atoms with E-state index in [9.17, 15) is 23.1 Å². The van der Waals surface area contributed by atoms with Crippen LogP contribution in [0.3, 0.4) is 0 Å². The Hall–Kier alpha value is -1.76. The third-order valence-corrected chi connectivity index (χ3v) is 4.20. The van der Waals surface area contributed by atoms with Crippen LogP contribution in [0.4, 0.5) is 18.0 Å². The van der Waals surface area contributed by atoms with Crippen molar-refractivity contribution < 1.29 is 23.1 Å². The number of nitrogens with one attached hydrogen (secondary N) is 2. The summed E-state index contributed by atoms with van der Waals surface area (Å²) in [5.41, 5.74) is 0.271. The summed E-state index contributed by atoms with van der Waals surface area (Å²) in [6.45, 7) is 0.214. The van der Waals surface area contributed by atoms with Crippen molar-refractivity contribution in [3.8, 4) is 0 Å². The predicted molar refractivity (Wildman–Crippen MR) is 79.4 cm³/mol. The maximum absolute atomic E-state index is 13.1. The molecule has 0 heterocycles. The van der Waals surface area contributed by atoms with Crippen molar-refractivity contribution in [1.82, 2.24) is 10.6 Å². The maximum Gasteiger partial charge on any atom is 0.315 e. The lowest BCUT2D eigenvalue weighted by Gasteiger charge is -2.30. The van der Waals surface area contributed by atoms with Crippen LogP contribution in [0.2, 0.25) is 0 Å². The van der Waals surface area contributed by atoms with E-state index < -0.39 is 17.5 Å². The van der Waals surface area contributed by atoms with E-state index in [1.54, 1.807) is 0 Å². The van der Waals surface area contributed by atoms with E-state index in [2.05, 4.69) is 10.6 Å². The molecule has 23 heavy (non-hydrogen) atoms. The van der Waals surface area contributed by atoms with E-state index in [1.807, 2.05) is 0 Å². The number of carbonyl (C=O) groups is 1. The van der Waals surface area contributed by atoms with Gasteiger partial charge in [0.15, 0.2) is 17.5 Å². The molecule has 1 aliphatic rings. The quantitative estimate of drug-likeness (QED) is 0.727. The average molecular weight is 330 g/mol. The van der Waals surface area contributed by atoms with E-state index in [0.717, 1.165) is 37.8 Å². The van der Waals surface area contributed by atoms with Gasteiger partial charge in [0.25, 0.3) is 0 Å². The normalized spacial score (nSPS) is 21.0. The maximum atomic E-state index is 13.1. The molecule has 7 heteroatoms. The first kappa shape index (κ1) is 17.6. The van der Waals surface area contributed by atoms with Crippen LogP contribution in [0.1, 0.15) is 31.2 Å². The molecule has 2 unspecified atom stereocenters. The van der Waals surface area contributed by atoms with Gasteiger partial charge in [-0.2, -0.15) is 0 Å². The lowest BCUT2D eigenvalue weighted by atomic mass is 9.85. The van der Waals surface area contributed by atoms with Gasteiger partial charge in [0.05, 0.1) is 0 Å². The van der Waals surface area contributed by atoms with Crippen LogP contribution in [0.25, 0.3) is 0 Å². The summed E-state index contributed by atoms with van der Waals surface area (Å²) in [4.78, 5) is 11.8. The van der Waals surface area contributed by atoms with Gasteiger partial charge in [-0.15, -0.1) is 0 Å². The number of benzene rings is 1. The Labute approximate surface area is 133 Å². The Morgan fingerprint density at radius 3 is 2.48 bits per heavy atom. The summed E-state index contributed by atoms with van der Waals surface area (Å²) in [5.74, 6) is -3.91. The Morgan fingerprint density at radius 1 is 1.17 bits per heavy atom. The van der Waals surface area contributed by atoms with Crippen molar-refractivity contribution in [1.29, 1.82) is 0 Å². The second kappa shape index (κ2) is 8.19. The Kier molecular flexibility index (Phi) is 6.27. The molecule has 0 aliphatic heterocycles. The standard InChI is InChI=1S/C16H21F3N2O2/c17-12-7-10(8-13(18)15(12)19)5-6-20-16(23)21-14-4-2-1-3-11(14)9-22/h7-8,11,14,22H,1-6,9H2,(H2,20,21,23). The lowest BCUT2D eigenvalue weighted by molar-refractivity contribution is 0.154. The van der Waals surface area contributed by atoms with Gasteiger partial charge in [0.1, 0.15) is 0 Å². The molecule has 1 saturated carbocycles. The van der Waals surface area contributed by atoms with Crippen molar-refractivity contribution in [2.45, 2.75) is 38.1 Å². The minimum Gasteiger partial charge on any atom is -0.396 e. The van der Waals surface area contributed by atoms with E-state index in [-0.39, 0.29) is 43.1 Å². The summed E-state index contributed by atoms with van der Waals surface area (Å²) in [6.07, 6.45) is 3.96. The van der Waals surface area contributed by atoms with Gasteiger partial charge >= 0.3 is 6.03 Å². The smallest absolute Gasteiger partial charge is 0.315 e. The fraction of sp³-hybridized carbons (Fsp3) is 0.562. The average Bonchev–Trinajstić information content (AvgIpc) is 2.53. The van der Waals surface area contributed by atoms with Gasteiger partial charge in [-0.3, -0.25) is 0 Å². The lowest BCUT2D eigenvalue weighted by Crippen LogP contribution is -2.48. The molecule has 1 aliphatic carbocycles. The summed E-state index contributed by atoms with van der Waals surface area (Å²) >= 11 is 0. The second-order valence-electron chi connectivity index (χ2n) is 5.86. The summed E-state index contributed by atoms with van der Waals surface area (Å²) < 4.78 is 39.0. The highest BCUT2D eigenvalue weighted by atomic mass is 19.2. The van der Waals surface area contributed by atoms with E-state index in [4.69, 9.17) is 0 Å². The van der Waals surface area contributed by atoms with Crippen LogP contribution in [0.15, 0.2) is 12.1 Å². The third-order valence-electron chi connectivity index (χ3n) is 4.20. The van der Waals surface area contributed by atoms with Crippen LogP contribution >= 0.6 is 0 Å². The molecule has 1 aromatic rings. The molecule has 0 aromatic heterocycles. The molecular weight excluding hydrogens is 309 g/mol. The van der Waals surface area contributed by atoms with Crippen molar-refractivity contribution in [2.75, 3.05) is 13.2 Å². The zero-order valence-corrected chi connectivity index (χ0v) is 12.7. The molecule has 0 spiro atoms. The SMILES string of the molecule is O=C(NCCc1cc(F)c(F)c(F)c1)NC1CCCCC1CO. The zero-order chi connectivity index (χ0) is 16.8. The number of aliphatic hydroxyl groups is 1. The minimum atomic E-state index is -1.49. The van der Waals surface area contributed by atoms with Gasteiger partial charge in [-0.1, -0.05) is 12.8 Å². The predicted octanol–water partition coefficient (Wildman–Crippen LogP) is 2.50. The topological polar surface area (TPSA) is 61.4 Å².